The van der Waals surface area contributed by atoms with Crippen LogP contribution in [0, 0.1) is 10.1 Å². The quantitative estimate of drug-likeness (QED) is 0.461. The van der Waals surface area contributed by atoms with Gasteiger partial charge in [-0.15, -0.1) is 0 Å². The summed E-state index contributed by atoms with van der Waals surface area (Å²) in [6.07, 6.45) is 1.42. The zero-order valence-electron chi connectivity index (χ0n) is 12.1. The van der Waals surface area contributed by atoms with E-state index in [-0.39, 0.29) is 5.69 Å². The van der Waals surface area contributed by atoms with Gasteiger partial charge in [-0.05, 0) is 24.3 Å². The monoisotopic (exact) mass is 318 g/mol. The van der Waals surface area contributed by atoms with Crippen molar-refractivity contribution in [1.82, 2.24) is 0 Å². The summed E-state index contributed by atoms with van der Waals surface area (Å²) in [5.74, 6) is 0.705. The second kappa shape index (κ2) is 7.46. The van der Waals surface area contributed by atoms with E-state index in [2.05, 4.69) is 9.99 Å². The fourth-order valence-electron chi connectivity index (χ4n) is 1.75. The highest BCUT2D eigenvalue weighted by Crippen LogP contribution is 2.36. The van der Waals surface area contributed by atoms with E-state index in [0.29, 0.717) is 16.2 Å². The molecule has 0 N–H and O–H groups in total. The highest BCUT2D eigenvalue weighted by molar-refractivity contribution is 7.99. The second-order valence-corrected chi connectivity index (χ2v) is 5.30. The van der Waals surface area contributed by atoms with Crippen molar-refractivity contribution in [2.45, 2.75) is 9.79 Å². The Hall–Kier alpha value is -2.54. The van der Waals surface area contributed by atoms with Gasteiger partial charge in [-0.2, -0.15) is 0 Å². The third kappa shape index (κ3) is 3.98. The van der Waals surface area contributed by atoms with E-state index in [1.54, 1.807) is 19.2 Å². The lowest BCUT2D eigenvalue weighted by atomic mass is 10.2. The maximum atomic E-state index is 11.3. The number of ether oxygens (including phenoxy) is 1. The van der Waals surface area contributed by atoms with Gasteiger partial charge in [0.1, 0.15) is 12.9 Å². The van der Waals surface area contributed by atoms with Crippen molar-refractivity contribution < 1.29 is 14.5 Å². The van der Waals surface area contributed by atoms with Crippen molar-refractivity contribution in [2.24, 2.45) is 5.16 Å². The molecular weight excluding hydrogens is 304 g/mol. The van der Waals surface area contributed by atoms with Crippen LogP contribution < -0.4 is 4.74 Å². The summed E-state index contributed by atoms with van der Waals surface area (Å²) in [5.41, 5.74) is 0.622. The van der Waals surface area contributed by atoms with Crippen LogP contribution in [0.1, 0.15) is 5.56 Å². The first-order valence-corrected chi connectivity index (χ1v) is 7.12. The number of hydrogen-bond acceptors (Lipinski definition) is 6. The Balaban J connectivity index is 2.33. The van der Waals surface area contributed by atoms with E-state index >= 15 is 0 Å². The summed E-state index contributed by atoms with van der Waals surface area (Å²) in [6, 6.07) is 12.3. The fraction of sp³-hybridized carbons (Fsp3) is 0.133. The first-order valence-electron chi connectivity index (χ1n) is 6.31. The molecule has 7 heteroatoms. The molecule has 2 rings (SSSR count). The van der Waals surface area contributed by atoms with Gasteiger partial charge in [0.2, 0.25) is 0 Å². The largest absolute Gasteiger partial charge is 0.497 e. The number of methoxy groups -OCH3 is 1. The van der Waals surface area contributed by atoms with Gasteiger partial charge in [0.15, 0.2) is 0 Å². The van der Waals surface area contributed by atoms with E-state index in [9.17, 15) is 10.1 Å². The van der Waals surface area contributed by atoms with Crippen LogP contribution in [0.15, 0.2) is 57.4 Å². The molecule has 0 radical (unpaired) electrons. The first kappa shape index (κ1) is 15.8. The van der Waals surface area contributed by atoms with Gasteiger partial charge < -0.3 is 9.57 Å². The summed E-state index contributed by atoms with van der Waals surface area (Å²) < 4.78 is 5.16. The molecule has 0 aromatic heterocycles. The zero-order chi connectivity index (χ0) is 15.9. The van der Waals surface area contributed by atoms with Crippen molar-refractivity contribution in [1.29, 1.82) is 0 Å². The number of nitrogens with zero attached hydrogens (tertiary/aromatic N) is 2. The molecule has 2 aromatic carbocycles. The molecule has 22 heavy (non-hydrogen) atoms. The summed E-state index contributed by atoms with van der Waals surface area (Å²) in [6.45, 7) is 0. The van der Waals surface area contributed by atoms with Crippen LogP contribution in [0.4, 0.5) is 5.69 Å². The van der Waals surface area contributed by atoms with Crippen LogP contribution in [-0.2, 0) is 4.84 Å². The van der Waals surface area contributed by atoms with Gasteiger partial charge in [-0.1, -0.05) is 29.1 Å². The molecule has 0 aliphatic rings. The molecule has 0 aliphatic carbocycles. The SMILES string of the molecule is CO/N=C/c1ccc(Sc2cccc(OC)c2)c([N+](=O)[O-])c1. The average Bonchev–Trinajstić information content (AvgIpc) is 2.53. The topological polar surface area (TPSA) is 74.0 Å². The molecule has 0 spiro atoms. The minimum Gasteiger partial charge on any atom is -0.497 e. The van der Waals surface area contributed by atoms with E-state index in [1.165, 1.54) is 31.2 Å². The van der Waals surface area contributed by atoms with E-state index < -0.39 is 4.92 Å². The van der Waals surface area contributed by atoms with E-state index in [1.807, 2.05) is 24.3 Å². The molecule has 114 valence electrons. The predicted molar refractivity (Wildman–Crippen MR) is 84.8 cm³/mol. The Kier molecular flexibility index (Phi) is 5.37. The summed E-state index contributed by atoms with van der Waals surface area (Å²) in [5, 5.41) is 14.9. The van der Waals surface area contributed by atoms with Crippen molar-refractivity contribution in [2.75, 3.05) is 14.2 Å². The van der Waals surface area contributed by atoms with Crippen molar-refractivity contribution in [3.8, 4) is 5.75 Å². The highest BCUT2D eigenvalue weighted by Gasteiger charge is 2.15. The normalized spacial score (nSPS) is 10.6. The second-order valence-electron chi connectivity index (χ2n) is 4.18. The summed E-state index contributed by atoms with van der Waals surface area (Å²) in [4.78, 5) is 16.8. The van der Waals surface area contributed by atoms with Crippen molar-refractivity contribution >= 4 is 23.7 Å². The Morgan fingerprint density at radius 2 is 2.05 bits per heavy atom. The Morgan fingerprint density at radius 1 is 1.23 bits per heavy atom. The number of hydrogen-bond donors (Lipinski definition) is 0. The molecule has 0 fully saturated rings. The Morgan fingerprint density at radius 3 is 2.73 bits per heavy atom. The van der Waals surface area contributed by atoms with Gasteiger partial charge in [0.25, 0.3) is 5.69 Å². The molecule has 0 unspecified atom stereocenters. The fourth-order valence-corrected chi connectivity index (χ4v) is 2.70. The van der Waals surface area contributed by atoms with Crippen LogP contribution in [0.3, 0.4) is 0 Å². The number of nitro groups is 1. The lowest BCUT2D eigenvalue weighted by Gasteiger charge is -2.06. The number of oxime groups is 1. The third-order valence-corrected chi connectivity index (χ3v) is 3.81. The van der Waals surface area contributed by atoms with E-state index in [4.69, 9.17) is 4.74 Å². The van der Waals surface area contributed by atoms with Crippen LogP contribution >= 0.6 is 11.8 Å². The predicted octanol–water partition coefficient (Wildman–Crippen LogP) is 3.73. The molecule has 0 saturated carbocycles. The lowest BCUT2D eigenvalue weighted by Crippen LogP contribution is -1.93. The van der Waals surface area contributed by atoms with Gasteiger partial charge in [-0.25, -0.2) is 0 Å². The molecule has 0 atom stereocenters. The molecular formula is C15H14N2O4S. The van der Waals surface area contributed by atoms with Gasteiger partial charge in [-0.3, -0.25) is 10.1 Å². The third-order valence-electron chi connectivity index (χ3n) is 2.76. The van der Waals surface area contributed by atoms with Crippen LogP contribution in [0.25, 0.3) is 0 Å². The molecule has 0 bridgehead atoms. The average molecular weight is 318 g/mol. The highest BCUT2D eigenvalue weighted by atomic mass is 32.2. The maximum absolute atomic E-state index is 11.3. The van der Waals surface area contributed by atoms with Gasteiger partial charge in [0.05, 0.1) is 23.1 Å². The smallest absolute Gasteiger partial charge is 0.283 e. The zero-order valence-corrected chi connectivity index (χ0v) is 12.9. The molecule has 0 amide bonds. The Bertz CT molecular complexity index is 704. The molecule has 6 nitrogen and oxygen atoms in total. The molecule has 0 aliphatic heterocycles. The summed E-state index contributed by atoms with van der Waals surface area (Å²) in [7, 11) is 2.99. The van der Waals surface area contributed by atoms with Crippen molar-refractivity contribution in [3.63, 3.8) is 0 Å². The molecule has 0 saturated heterocycles. The minimum absolute atomic E-state index is 0.0212. The minimum atomic E-state index is -0.410. The lowest BCUT2D eigenvalue weighted by molar-refractivity contribution is -0.387. The molecule has 2 aromatic rings. The van der Waals surface area contributed by atoms with Gasteiger partial charge in [0, 0.05) is 16.5 Å². The summed E-state index contributed by atoms with van der Waals surface area (Å²) >= 11 is 1.31. The number of nitro benzene ring substituents is 1. The maximum Gasteiger partial charge on any atom is 0.283 e. The first-order chi connectivity index (χ1) is 10.6. The number of benzene rings is 2. The van der Waals surface area contributed by atoms with Crippen LogP contribution in [0.2, 0.25) is 0 Å². The van der Waals surface area contributed by atoms with Crippen molar-refractivity contribution in [3.05, 3.63) is 58.1 Å². The van der Waals surface area contributed by atoms with Crippen LogP contribution in [0.5, 0.6) is 5.75 Å². The van der Waals surface area contributed by atoms with E-state index in [0.717, 1.165) is 4.90 Å². The molecule has 0 heterocycles. The van der Waals surface area contributed by atoms with Gasteiger partial charge >= 0.3 is 0 Å². The Labute approximate surface area is 131 Å². The number of rotatable bonds is 6. The van der Waals surface area contributed by atoms with Crippen LogP contribution in [-0.4, -0.2) is 25.4 Å². The standard InChI is InChI=1S/C15H14N2O4S/c1-20-12-4-3-5-13(9-12)22-15-7-6-11(10-16-21-2)8-14(15)17(18)19/h3-10H,1-2H3/b16-10+.